The lowest BCUT2D eigenvalue weighted by molar-refractivity contribution is -0.117. The van der Waals surface area contributed by atoms with Gasteiger partial charge < -0.3 is 9.47 Å². The Balaban J connectivity index is 2.51. The number of carbonyl (C=O) groups is 1. The zero-order valence-corrected chi connectivity index (χ0v) is 15.7. The summed E-state index contributed by atoms with van der Waals surface area (Å²) in [5.41, 5.74) is 0.330. The third kappa shape index (κ3) is 4.47. The van der Waals surface area contributed by atoms with Crippen molar-refractivity contribution in [2.45, 2.75) is 19.6 Å². The fourth-order valence-corrected chi connectivity index (χ4v) is 2.77. The Morgan fingerprint density at radius 2 is 1.84 bits per heavy atom. The van der Waals surface area contributed by atoms with Crippen molar-refractivity contribution in [2.24, 2.45) is 7.05 Å². The standard InChI is InChI=1S/C14H10Cl4F2N2O3/c1-5(12(18)23)24-9-3-6(7(15)4-8(9)16)11-10(17)13(22(2)21-11)25-14(19)20/h3-5,14H,1-2H3. The number of aromatic nitrogens is 2. The van der Waals surface area contributed by atoms with Crippen LogP contribution in [0.4, 0.5) is 8.78 Å². The van der Waals surface area contributed by atoms with Crippen molar-refractivity contribution in [1.82, 2.24) is 9.78 Å². The number of rotatable bonds is 6. The van der Waals surface area contributed by atoms with E-state index in [4.69, 9.17) is 51.1 Å². The molecule has 1 aromatic carbocycles. The third-order valence-electron chi connectivity index (χ3n) is 3.04. The Bertz CT molecular complexity index is 814. The van der Waals surface area contributed by atoms with Crippen LogP contribution in [0.5, 0.6) is 11.6 Å². The van der Waals surface area contributed by atoms with Gasteiger partial charge in [0.15, 0.2) is 6.10 Å². The van der Waals surface area contributed by atoms with E-state index in [1.54, 1.807) is 0 Å². The summed E-state index contributed by atoms with van der Waals surface area (Å²) in [5.74, 6) is -0.231. The second kappa shape index (κ2) is 7.95. The van der Waals surface area contributed by atoms with E-state index < -0.39 is 18.0 Å². The highest BCUT2D eigenvalue weighted by molar-refractivity contribution is 6.64. The summed E-state index contributed by atoms with van der Waals surface area (Å²) in [7, 11) is 1.38. The molecule has 136 valence electrons. The number of hydrogen-bond acceptors (Lipinski definition) is 4. The Kier molecular flexibility index (Phi) is 6.37. The number of ether oxygens (including phenoxy) is 2. The molecular formula is C14H10Cl4F2N2O3. The minimum absolute atomic E-state index is 0.0798. The van der Waals surface area contributed by atoms with Crippen LogP contribution >= 0.6 is 46.4 Å². The van der Waals surface area contributed by atoms with Gasteiger partial charge >= 0.3 is 6.61 Å². The van der Waals surface area contributed by atoms with Crippen LogP contribution in [0.2, 0.25) is 15.1 Å². The lowest BCUT2D eigenvalue weighted by Gasteiger charge is -2.14. The minimum atomic E-state index is -3.07. The van der Waals surface area contributed by atoms with Gasteiger partial charge in [-0.3, -0.25) is 4.79 Å². The first kappa shape index (κ1) is 20.0. The van der Waals surface area contributed by atoms with Crippen LogP contribution in [0, 0.1) is 0 Å². The van der Waals surface area contributed by atoms with Crippen molar-refractivity contribution < 1.29 is 23.0 Å². The number of carbonyl (C=O) groups excluding carboxylic acids is 1. The molecule has 0 spiro atoms. The fourth-order valence-electron chi connectivity index (χ4n) is 1.90. The van der Waals surface area contributed by atoms with E-state index in [0.717, 1.165) is 4.68 Å². The first-order valence-electron chi connectivity index (χ1n) is 6.64. The van der Waals surface area contributed by atoms with Crippen LogP contribution < -0.4 is 9.47 Å². The summed E-state index contributed by atoms with van der Waals surface area (Å²) in [5, 5.41) is 3.40. The normalized spacial score (nSPS) is 12.4. The minimum Gasteiger partial charge on any atom is -0.480 e. The quantitative estimate of drug-likeness (QED) is 0.589. The maximum Gasteiger partial charge on any atom is 0.388 e. The molecule has 0 radical (unpaired) electrons. The largest absolute Gasteiger partial charge is 0.480 e. The van der Waals surface area contributed by atoms with Crippen LogP contribution in [0.25, 0.3) is 11.3 Å². The first-order valence-corrected chi connectivity index (χ1v) is 8.15. The third-order valence-corrected chi connectivity index (χ3v) is 4.30. The first-order chi connectivity index (χ1) is 11.6. The van der Waals surface area contributed by atoms with Gasteiger partial charge in [0.05, 0.1) is 10.0 Å². The van der Waals surface area contributed by atoms with Crippen LogP contribution in [-0.2, 0) is 11.8 Å². The average Bonchev–Trinajstić information content (AvgIpc) is 2.77. The van der Waals surface area contributed by atoms with Gasteiger partial charge in [-0.1, -0.05) is 34.8 Å². The molecule has 0 aliphatic carbocycles. The second-order valence-electron chi connectivity index (χ2n) is 4.80. The molecule has 0 aliphatic rings. The molecule has 25 heavy (non-hydrogen) atoms. The van der Waals surface area contributed by atoms with Crippen LogP contribution in [0.1, 0.15) is 6.92 Å². The number of aryl methyl sites for hydroxylation is 1. The summed E-state index contributed by atoms with van der Waals surface area (Å²) in [6.45, 7) is -1.64. The van der Waals surface area contributed by atoms with Crippen LogP contribution in [0.15, 0.2) is 12.1 Å². The smallest absolute Gasteiger partial charge is 0.388 e. The summed E-state index contributed by atoms with van der Waals surface area (Å²) < 4.78 is 35.7. The number of nitrogens with zero attached hydrogens (tertiary/aromatic N) is 2. The zero-order valence-electron chi connectivity index (χ0n) is 12.7. The number of benzene rings is 1. The SMILES string of the molecule is CC(Oc1cc(-c2nn(C)c(OC(F)F)c2Cl)c(Cl)cc1Cl)C(=O)Cl. The average molecular weight is 434 g/mol. The highest BCUT2D eigenvalue weighted by Crippen LogP contribution is 2.42. The van der Waals surface area contributed by atoms with Gasteiger partial charge in [-0.15, -0.1) is 0 Å². The van der Waals surface area contributed by atoms with Crippen molar-refractivity contribution in [3.63, 3.8) is 0 Å². The van der Waals surface area contributed by atoms with Gasteiger partial charge in [-0.05, 0) is 30.7 Å². The van der Waals surface area contributed by atoms with E-state index in [-0.39, 0.29) is 38.0 Å². The molecule has 0 amide bonds. The Morgan fingerprint density at radius 1 is 1.20 bits per heavy atom. The molecule has 2 rings (SSSR count). The van der Waals surface area contributed by atoms with E-state index >= 15 is 0 Å². The molecule has 0 aliphatic heterocycles. The molecule has 1 aromatic heterocycles. The molecule has 1 unspecified atom stereocenters. The maximum absolute atomic E-state index is 12.5. The van der Waals surface area contributed by atoms with E-state index in [1.165, 1.54) is 26.1 Å². The fraction of sp³-hybridized carbons (Fsp3) is 0.286. The highest BCUT2D eigenvalue weighted by Gasteiger charge is 2.23. The molecule has 0 N–H and O–H groups in total. The molecule has 0 bridgehead atoms. The summed E-state index contributed by atoms with van der Waals surface area (Å²) in [6.07, 6.45) is -0.967. The van der Waals surface area contributed by atoms with Crippen LogP contribution in [0.3, 0.4) is 0 Å². The van der Waals surface area contributed by atoms with Crippen molar-refractivity contribution in [3.8, 4) is 22.9 Å². The molecule has 1 heterocycles. The predicted molar refractivity (Wildman–Crippen MR) is 91.3 cm³/mol. The lowest BCUT2D eigenvalue weighted by Crippen LogP contribution is -2.19. The van der Waals surface area contributed by atoms with E-state index in [2.05, 4.69) is 9.84 Å². The summed E-state index contributed by atoms with van der Waals surface area (Å²) in [4.78, 5) is 11.1. The van der Waals surface area contributed by atoms with Gasteiger partial charge in [0.2, 0.25) is 5.88 Å². The Labute approximate surface area is 161 Å². The van der Waals surface area contributed by atoms with Crippen molar-refractivity contribution in [2.75, 3.05) is 0 Å². The topological polar surface area (TPSA) is 53.4 Å². The molecular weight excluding hydrogens is 424 g/mol. The van der Waals surface area contributed by atoms with Crippen molar-refractivity contribution >= 4 is 51.6 Å². The summed E-state index contributed by atoms with van der Waals surface area (Å²) >= 11 is 23.6. The lowest BCUT2D eigenvalue weighted by atomic mass is 10.1. The molecule has 0 fully saturated rings. The molecule has 1 atom stereocenters. The number of hydrogen-bond donors (Lipinski definition) is 0. The zero-order chi connectivity index (χ0) is 18.9. The van der Waals surface area contributed by atoms with Gasteiger partial charge in [-0.25, -0.2) is 4.68 Å². The van der Waals surface area contributed by atoms with Crippen LogP contribution in [-0.4, -0.2) is 27.7 Å². The van der Waals surface area contributed by atoms with Gasteiger partial charge in [0.25, 0.3) is 5.24 Å². The number of halogens is 6. The highest BCUT2D eigenvalue weighted by atomic mass is 35.5. The molecule has 0 saturated carbocycles. The Morgan fingerprint density at radius 3 is 2.40 bits per heavy atom. The van der Waals surface area contributed by atoms with Gasteiger partial charge in [0, 0.05) is 12.6 Å². The molecule has 2 aromatic rings. The van der Waals surface area contributed by atoms with E-state index in [9.17, 15) is 13.6 Å². The maximum atomic E-state index is 12.5. The molecule has 11 heteroatoms. The van der Waals surface area contributed by atoms with E-state index in [0.29, 0.717) is 0 Å². The predicted octanol–water partition coefficient (Wildman–Crippen LogP) is 5.18. The molecule has 0 saturated heterocycles. The van der Waals surface area contributed by atoms with Gasteiger partial charge in [0.1, 0.15) is 16.5 Å². The Hall–Kier alpha value is -1.28. The molecule has 5 nitrogen and oxygen atoms in total. The number of alkyl halides is 2. The second-order valence-corrected chi connectivity index (χ2v) is 6.36. The summed E-state index contributed by atoms with van der Waals surface area (Å²) in [6, 6.07) is 2.72. The monoisotopic (exact) mass is 432 g/mol. The van der Waals surface area contributed by atoms with Gasteiger partial charge in [-0.2, -0.15) is 13.9 Å². The van der Waals surface area contributed by atoms with Crippen molar-refractivity contribution in [3.05, 3.63) is 27.2 Å². The van der Waals surface area contributed by atoms with E-state index in [1.807, 2.05) is 0 Å². The van der Waals surface area contributed by atoms with Crippen molar-refractivity contribution in [1.29, 1.82) is 0 Å².